The molecule has 0 unspecified atom stereocenters. The molecule has 0 amide bonds. The minimum Gasteiger partial charge on any atom is -0.346 e. The fourth-order valence-electron chi connectivity index (χ4n) is 2.75. The molecule has 0 aliphatic carbocycles. The van der Waals surface area contributed by atoms with Crippen LogP contribution in [0.5, 0.6) is 0 Å². The van der Waals surface area contributed by atoms with Gasteiger partial charge < -0.3 is 4.57 Å². The predicted octanol–water partition coefficient (Wildman–Crippen LogP) is 5.90. The number of benzene rings is 1. The highest BCUT2D eigenvalue weighted by Crippen LogP contribution is 2.35. The number of hydrogen-bond acceptors (Lipinski definition) is 3. The van der Waals surface area contributed by atoms with Crippen molar-refractivity contribution in [2.24, 2.45) is 0 Å². The van der Waals surface area contributed by atoms with Gasteiger partial charge in [-0.15, -0.1) is 0 Å². The van der Waals surface area contributed by atoms with Gasteiger partial charge in [0.05, 0.1) is 10.5 Å². The fourth-order valence-corrected chi connectivity index (χ4v) is 3.59. The van der Waals surface area contributed by atoms with Gasteiger partial charge in [0, 0.05) is 35.0 Å². The summed E-state index contributed by atoms with van der Waals surface area (Å²) in [6.07, 6.45) is 6.24. The molecule has 0 radical (unpaired) electrons. The monoisotopic (exact) mass is 352 g/mol. The van der Waals surface area contributed by atoms with Crippen LogP contribution in [0, 0.1) is 11.3 Å². The summed E-state index contributed by atoms with van der Waals surface area (Å²) in [5.41, 5.74) is 2.66. The number of thioether (sulfide) groups is 1. The van der Waals surface area contributed by atoms with Gasteiger partial charge in [0.1, 0.15) is 6.07 Å². The van der Waals surface area contributed by atoms with Gasteiger partial charge in [-0.3, -0.25) is 4.79 Å². The summed E-state index contributed by atoms with van der Waals surface area (Å²) in [5.74, 6) is 0.173. The first kappa shape index (κ1) is 19.1. The molecule has 2 rings (SSSR count). The molecule has 0 fully saturated rings. The molecular formula is C21H24N2OS. The third-order valence-corrected chi connectivity index (χ3v) is 5.36. The second kappa shape index (κ2) is 8.73. The van der Waals surface area contributed by atoms with Crippen LogP contribution in [0.3, 0.4) is 0 Å². The molecule has 0 saturated carbocycles. The van der Waals surface area contributed by atoms with E-state index in [9.17, 15) is 10.1 Å². The first-order valence-corrected chi connectivity index (χ1v) is 9.46. The molecule has 0 aliphatic heterocycles. The van der Waals surface area contributed by atoms with Crippen LogP contribution in [0.25, 0.3) is 15.8 Å². The van der Waals surface area contributed by atoms with Gasteiger partial charge in [0.25, 0.3) is 0 Å². The van der Waals surface area contributed by atoms with Crippen molar-refractivity contribution in [3.8, 4) is 6.07 Å². The number of carbonyl (C=O) groups is 1. The average molecular weight is 353 g/mol. The first-order valence-electron chi connectivity index (χ1n) is 8.65. The van der Waals surface area contributed by atoms with Gasteiger partial charge >= 0.3 is 0 Å². The highest BCUT2D eigenvalue weighted by Gasteiger charge is 2.14. The van der Waals surface area contributed by atoms with Crippen molar-refractivity contribution in [3.05, 3.63) is 53.1 Å². The highest BCUT2D eigenvalue weighted by atomic mass is 32.2. The quantitative estimate of drug-likeness (QED) is 0.556. The normalized spacial score (nSPS) is 11.5. The summed E-state index contributed by atoms with van der Waals surface area (Å²) in [5, 5.41) is 10.3. The third-order valence-electron chi connectivity index (χ3n) is 4.19. The number of nitrogens with zero attached hydrogens (tertiary/aromatic N) is 2. The van der Waals surface area contributed by atoms with Crippen molar-refractivity contribution in [3.63, 3.8) is 0 Å². The maximum absolute atomic E-state index is 12.3. The van der Waals surface area contributed by atoms with Gasteiger partial charge in [-0.2, -0.15) is 5.26 Å². The van der Waals surface area contributed by atoms with Gasteiger partial charge in [0.2, 0.25) is 0 Å². The van der Waals surface area contributed by atoms with E-state index in [0.29, 0.717) is 12.0 Å². The molecule has 0 spiro atoms. The molecule has 0 aliphatic rings. The molecule has 130 valence electrons. The Morgan fingerprint density at radius 3 is 2.76 bits per heavy atom. The number of fused-ring (bicyclic) bond motifs is 1. The second-order valence-corrected chi connectivity index (χ2v) is 7.01. The average Bonchev–Trinajstić information content (AvgIpc) is 3.00. The van der Waals surface area contributed by atoms with E-state index < -0.39 is 0 Å². The van der Waals surface area contributed by atoms with Crippen LogP contribution in [-0.4, -0.2) is 10.4 Å². The minimum absolute atomic E-state index is 0.173. The van der Waals surface area contributed by atoms with Crippen molar-refractivity contribution in [2.75, 3.05) is 0 Å². The summed E-state index contributed by atoms with van der Waals surface area (Å²) in [7, 11) is 0. The number of unbranched alkanes of at least 4 members (excludes halogenated alkanes) is 1. The molecule has 4 heteroatoms. The van der Waals surface area contributed by atoms with Crippen LogP contribution in [0.1, 0.15) is 51.2 Å². The largest absolute Gasteiger partial charge is 0.346 e. The van der Waals surface area contributed by atoms with Crippen LogP contribution in [-0.2, 0) is 11.3 Å². The summed E-state index contributed by atoms with van der Waals surface area (Å²) < 4.78 is 2.07. The zero-order chi connectivity index (χ0) is 18.4. The van der Waals surface area contributed by atoms with Gasteiger partial charge in [0.15, 0.2) is 5.78 Å². The number of aryl methyl sites for hydroxylation is 1. The molecule has 0 atom stereocenters. The summed E-state index contributed by atoms with van der Waals surface area (Å²) >= 11 is 1.42. The Kier molecular flexibility index (Phi) is 6.66. The number of hydrogen-bond donors (Lipinski definition) is 0. The standard InChI is InChI=1S/C21H24N2OS/c1-5-8-9-20(24)21(6-2)25-15(4)16-10-11-19-18(12-16)17(13-22)14-23(19)7-3/h6,10-12,14H,4-5,7-9H2,1-3H3/b21-6-. The van der Waals surface area contributed by atoms with Crippen LogP contribution in [0.15, 0.2) is 42.0 Å². The van der Waals surface area contributed by atoms with E-state index in [4.69, 9.17) is 0 Å². The van der Waals surface area contributed by atoms with Crippen molar-refractivity contribution in [2.45, 2.75) is 46.6 Å². The molecule has 2 aromatic rings. The van der Waals surface area contributed by atoms with E-state index >= 15 is 0 Å². The van der Waals surface area contributed by atoms with E-state index in [0.717, 1.165) is 45.7 Å². The Morgan fingerprint density at radius 1 is 1.40 bits per heavy atom. The minimum atomic E-state index is 0.173. The van der Waals surface area contributed by atoms with Gasteiger partial charge in [-0.1, -0.05) is 43.8 Å². The zero-order valence-electron chi connectivity index (χ0n) is 15.1. The molecule has 0 N–H and O–H groups in total. The number of carbonyl (C=O) groups excluding carboxylic acids is 1. The Hall–Kier alpha value is -2.25. The van der Waals surface area contributed by atoms with Crippen molar-refractivity contribution in [1.82, 2.24) is 4.57 Å². The number of rotatable bonds is 8. The molecule has 25 heavy (non-hydrogen) atoms. The molecule has 1 heterocycles. The number of allylic oxidation sites excluding steroid dienone is 2. The van der Waals surface area contributed by atoms with Crippen molar-refractivity contribution in [1.29, 1.82) is 5.26 Å². The topological polar surface area (TPSA) is 45.8 Å². The maximum Gasteiger partial charge on any atom is 0.169 e. The van der Waals surface area contributed by atoms with Gasteiger partial charge in [-0.25, -0.2) is 0 Å². The Labute approximate surface area is 154 Å². The molecule has 0 bridgehead atoms. The van der Waals surface area contributed by atoms with E-state index in [1.807, 2.05) is 37.4 Å². The Bertz CT molecular complexity index is 868. The molecule has 1 aromatic heterocycles. The van der Waals surface area contributed by atoms with Crippen molar-refractivity contribution < 1.29 is 4.79 Å². The maximum atomic E-state index is 12.3. The lowest BCUT2D eigenvalue weighted by atomic mass is 10.1. The van der Waals surface area contributed by atoms with Crippen LogP contribution in [0.2, 0.25) is 0 Å². The van der Waals surface area contributed by atoms with Crippen LogP contribution in [0.4, 0.5) is 0 Å². The lowest BCUT2D eigenvalue weighted by Gasteiger charge is -2.09. The zero-order valence-corrected chi connectivity index (χ0v) is 15.9. The SMILES string of the molecule is C=C(S/C(=C\C)C(=O)CCCC)c1ccc2c(c1)c(C#N)cn2CC. The van der Waals surface area contributed by atoms with Gasteiger partial charge in [-0.05, 0) is 38.0 Å². The van der Waals surface area contributed by atoms with E-state index in [1.54, 1.807) is 0 Å². The number of ketones is 1. The number of Topliss-reactive ketones (excluding diaryl/α,β-unsaturated/α-hetero) is 1. The number of nitriles is 1. The smallest absolute Gasteiger partial charge is 0.169 e. The molecular weight excluding hydrogens is 328 g/mol. The molecule has 1 aromatic carbocycles. The van der Waals surface area contributed by atoms with Crippen LogP contribution < -0.4 is 0 Å². The van der Waals surface area contributed by atoms with Crippen LogP contribution >= 0.6 is 11.8 Å². The van der Waals surface area contributed by atoms with E-state index in [1.165, 1.54) is 11.8 Å². The fraction of sp³-hybridized carbons (Fsp3) is 0.333. The van der Waals surface area contributed by atoms with Crippen molar-refractivity contribution >= 4 is 33.4 Å². The number of aromatic nitrogens is 1. The first-order chi connectivity index (χ1) is 12.0. The second-order valence-electron chi connectivity index (χ2n) is 5.88. The highest BCUT2D eigenvalue weighted by molar-refractivity contribution is 8.12. The van der Waals surface area contributed by atoms with E-state index in [2.05, 4.69) is 31.1 Å². The van der Waals surface area contributed by atoms with E-state index in [-0.39, 0.29) is 5.78 Å². The summed E-state index contributed by atoms with van der Waals surface area (Å²) in [6.45, 7) is 11.0. The Morgan fingerprint density at radius 2 is 2.16 bits per heavy atom. The lowest BCUT2D eigenvalue weighted by Crippen LogP contribution is -1.99. The summed E-state index contributed by atoms with van der Waals surface area (Å²) in [6, 6.07) is 8.29. The lowest BCUT2D eigenvalue weighted by molar-refractivity contribution is -0.115. The molecule has 0 saturated heterocycles. The third kappa shape index (κ3) is 4.24. The molecule has 3 nitrogen and oxygen atoms in total. The summed E-state index contributed by atoms with van der Waals surface area (Å²) in [4.78, 5) is 13.8. The Balaban J connectivity index is 2.27. The predicted molar refractivity (Wildman–Crippen MR) is 107 cm³/mol.